The van der Waals surface area contributed by atoms with Crippen LogP contribution >= 0.6 is 0 Å². The molecule has 4 aromatic rings. The molecule has 1 fully saturated rings. The number of benzene rings is 3. The number of aromatic amines is 1. The van der Waals surface area contributed by atoms with Crippen molar-refractivity contribution in [2.75, 3.05) is 6.54 Å². The summed E-state index contributed by atoms with van der Waals surface area (Å²) in [7, 11) is 0. The molecule has 4 heteroatoms. The van der Waals surface area contributed by atoms with Crippen LogP contribution in [0.4, 0.5) is 0 Å². The Bertz CT molecular complexity index is 1340. The molecule has 1 aliphatic rings. The van der Waals surface area contributed by atoms with E-state index in [9.17, 15) is 4.79 Å². The summed E-state index contributed by atoms with van der Waals surface area (Å²) in [6.45, 7) is 9.18. The van der Waals surface area contributed by atoms with Crippen molar-refractivity contribution in [3.8, 4) is 11.1 Å². The molecule has 1 amide bonds. The van der Waals surface area contributed by atoms with Crippen LogP contribution in [-0.2, 0) is 5.54 Å². The lowest BCUT2D eigenvalue weighted by molar-refractivity contribution is 0.0607. The average molecular weight is 424 g/mol. The third-order valence-electron chi connectivity index (χ3n) is 7.06. The van der Waals surface area contributed by atoms with Gasteiger partial charge in [0.15, 0.2) is 0 Å². The number of H-pyrrole nitrogens is 1. The van der Waals surface area contributed by atoms with Gasteiger partial charge in [0.25, 0.3) is 5.91 Å². The van der Waals surface area contributed by atoms with Crippen molar-refractivity contribution < 1.29 is 4.79 Å². The molecule has 1 saturated heterocycles. The third kappa shape index (κ3) is 3.22. The zero-order valence-corrected chi connectivity index (χ0v) is 19.2. The number of rotatable bonds is 3. The highest BCUT2D eigenvalue weighted by atomic mass is 16.2. The van der Waals surface area contributed by atoms with Crippen LogP contribution in [0, 0.1) is 20.8 Å². The molecule has 1 atom stereocenters. The second kappa shape index (κ2) is 7.63. The molecule has 0 bridgehead atoms. The maximum absolute atomic E-state index is 13.9. The van der Waals surface area contributed by atoms with Gasteiger partial charge in [-0.15, -0.1) is 0 Å². The highest BCUT2D eigenvalue weighted by Crippen LogP contribution is 2.40. The van der Waals surface area contributed by atoms with Crippen LogP contribution in [0.5, 0.6) is 0 Å². The van der Waals surface area contributed by atoms with Crippen molar-refractivity contribution in [3.63, 3.8) is 0 Å². The fourth-order valence-corrected chi connectivity index (χ4v) is 4.98. The van der Waals surface area contributed by atoms with Gasteiger partial charge in [-0.25, -0.2) is 4.98 Å². The summed E-state index contributed by atoms with van der Waals surface area (Å²) >= 11 is 0. The lowest BCUT2D eigenvalue weighted by Crippen LogP contribution is -2.43. The van der Waals surface area contributed by atoms with Crippen molar-refractivity contribution in [1.29, 1.82) is 0 Å². The number of hydrogen-bond acceptors (Lipinski definition) is 2. The Morgan fingerprint density at radius 1 is 1.03 bits per heavy atom. The minimum absolute atomic E-state index is 0.0652. The molecule has 1 aromatic heterocycles. The molecule has 0 spiro atoms. The molecular weight excluding hydrogens is 394 g/mol. The third-order valence-corrected chi connectivity index (χ3v) is 7.06. The molecule has 5 rings (SSSR count). The van der Waals surface area contributed by atoms with Gasteiger partial charge in [-0.1, -0.05) is 54.1 Å². The normalized spacial score (nSPS) is 18.4. The van der Waals surface area contributed by atoms with E-state index in [2.05, 4.69) is 63.0 Å². The van der Waals surface area contributed by atoms with Gasteiger partial charge in [0.05, 0.1) is 16.6 Å². The zero-order chi connectivity index (χ0) is 22.5. The molecule has 162 valence electrons. The first kappa shape index (κ1) is 20.5. The fourth-order valence-electron chi connectivity index (χ4n) is 4.98. The smallest absolute Gasteiger partial charge is 0.255 e. The molecule has 1 aliphatic heterocycles. The highest BCUT2D eigenvalue weighted by molar-refractivity contribution is 6.01. The number of carbonyl (C=O) groups is 1. The predicted molar refractivity (Wildman–Crippen MR) is 130 cm³/mol. The standard InChI is InChI=1S/C28H29N3O/c1-18-9-7-10-21(17-18)22-11-5-6-12-23(22)26(32)31-16-8-15-28(31,4)27-29-24-14-13-19(2)20(3)25(24)30-27/h5-7,9-14,17H,8,15-16H2,1-4H3,(H,29,30). The van der Waals surface area contributed by atoms with E-state index in [1.54, 1.807) is 0 Å². The summed E-state index contributed by atoms with van der Waals surface area (Å²) in [6, 6.07) is 20.5. The number of nitrogens with zero attached hydrogens (tertiary/aromatic N) is 2. The van der Waals surface area contributed by atoms with Crippen LogP contribution < -0.4 is 0 Å². The minimum Gasteiger partial charge on any atom is -0.340 e. The molecule has 0 aliphatic carbocycles. The van der Waals surface area contributed by atoms with Gasteiger partial charge in [-0.3, -0.25) is 4.79 Å². The summed E-state index contributed by atoms with van der Waals surface area (Å²) in [5, 5.41) is 0. The molecular formula is C28H29N3O. The minimum atomic E-state index is -0.462. The predicted octanol–water partition coefficient (Wildman–Crippen LogP) is 6.31. The monoisotopic (exact) mass is 423 g/mol. The SMILES string of the molecule is Cc1cccc(-c2ccccc2C(=O)N2CCCC2(C)c2nc3c(C)c(C)ccc3[nH]2)c1. The summed E-state index contributed by atoms with van der Waals surface area (Å²) in [5.74, 6) is 0.940. The van der Waals surface area contributed by atoms with Gasteiger partial charge >= 0.3 is 0 Å². The Hall–Kier alpha value is -3.40. The van der Waals surface area contributed by atoms with Crippen LogP contribution in [0.25, 0.3) is 22.2 Å². The van der Waals surface area contributed by atoms with E-state index in [1.807, 2.05) is 35.2 Å². The van der Waals surface area contributed by atoms with Gasteiger partial charge < -0.3 is 9.88 Å². The number of aromatic nitrogens is 2. The summed E-state index contributed by atoms with van der Waals surface area (Å²) < 4.78 is 0. The van der Waals surface area contributed by atoms with Crippen molar-refractivity contribution in [1.82, 2.24) is 14.9 Å². The van der Waals surface area contributed by atoms with E-state index in [0.717, 1.165) is 52.9 Å². The summed E-state index contributed by atoms with van der Waals surface area (Å²) in [6.07, 6.45) is 1.85. The Morgan fingerprint density at radius 2 is 1.84 bits per heavy atom. The van der Waals surface area contributed by atoms with Gasteiger partial charge in [-0.2, -0.15) is 0 Å². The Morgan fingerprint density at radius 3 is 2.66 bits per heavy atom. The Balaban J connectivity index is 1.57. The van der Waals surface area contributed by atoms with Crippen LogP contribution in [0.3, 0.4) is 0 Å². The van der Waals surface area contributed by atoms with Crippen LogP contribution in [0.1, 0.15) is 52.6 Å². The van der Waals surface area contributed by atoms with Crippen molar-refractivity contribution in [2.45, 2.75) is 46.1 Å². The van der Waals surface area contributed by atoms with Gasteiger partial charge in [0.2, 0.25) is 0 Å². The maximum atomic E-state index is 13.9. The summed E-state index contributed by atoms with van der Waals surface area (Å²) in [4.78, 5) is 24.5. The van der Waals surface area contributed by atoms with Gasteiger partial charge in [0.1, 0.15) is 5.82 Å². The summed E-state index contributed by atoms with van der Waals surface area (Å²) in [5.41, 5.74) is 7.97. The largest absolute Gasteiger partial charge is 0.340 e. The van der Waals surface area contributed by atoms with Gasteiger partial charge in [0, 0.05) is 12.1 Å². The number of aryl methyl sites for hydroxylation is 3. The molecule has 0 saturated carbocycles. The number of nitrogens with one attached hydrogen (secondary N) is 1. The first-order valence-corrected chi connectivity index (χ1v) is 11.3. The van der Waals surface area contributed by atoms with E-state index in [0.29, 0.717) is 0 Å². The number of hydrogen-bond donors (Lipinski definition) is 1. The van der Waals surface area contributed by atoms with Crippen LogP contribution in [0.2, 0.25) is 0 Å². The van der Waals surface area contributed by atoms with E-state index in [1.165, 1.54) is 16.7 Å². The fraction of sp³-hybridized carbons (Fsp3) is 0.286. The zero-order valence-electron chi connectivity index (χ0n) is 19.2. The first-order chi connectivity index (χ1) is 15.4. The second-order valence-electron chi connectivity index (χ2n) is 9.24. The molecule has 4 nitrogen and oxygen atoms in total. The number of likely N-dealkylation sites (tertiary alicyclic amines) is 1. The number of amides is 1. The van der Waals surface area contributed by atoms with Crippen molar-refractivity contribution >= 4 is 16.9 Å². The van der Waals surface area contributed by atoms with E-state index in [4.69, 9.17) is 4.98 Å². The second-order valence-corrected chi connectivity index (χ2v) is 9.24. The van der Waals surface area contributed by atoms with E-state index in [-0.39, 0.29) is 5.91 Å². The molecule has 32 heavy (non-hydrogen) atoms. The molecule has 2 heterocycles. The molecule has 3 aromatic carbocycles. The molecule has 1 unspecified atom stereocenters. The lowest BCUT2D eigenvalue weighted by atomic mass is 9.94. The number of imidazole rings is 1. The first-order valence-electron chi connectivity index (χ1n) is 11.3. The van der Waals surface area contributed by atoms with Crippen LogP contribution in [0.15, 0.2) is 60.7 Å². The number of carbonyl (C=O) groups excluding carboxylic acids is 1. The van der Waals surface area contributed by atoms with E-state index < -0.39 is 5.54 Å². The van der Waals surface area contributed by atoms with Crippen molar-refractivity contribution in [2.24, 2.45) is 0 Å². The van der Waals surface area contributed by atoms with Crippen LogP contribution in [-0.4, -0.2) is 27.3 Å². The Labute approximate surface area is 189 Å². The molecule has 1 N–H and O–H groups in total. The topological polar surface area (TPSA) is 49.0 Å². The Kier molecular flexibility index (Phi) is 4.89. The lowest BCUT2D eigenvalue weighted by Gasteiger charge is -2.34. The molecule has 0 radical (unpaired) electrons. The van der Waals surface area contributed by atoms with Crippen molar-refractivity contribution in [3.05, 3.63) is 88.7 Å². The van der Waals surface area contributed by atoms with Gasteiger partial charge in [-0.05, 0) is 74.9 Å². The average Bonchev–Trinajstić information content (AvgIpc) is 3.41. The quantitative estimate of drug-likeness (QED) is 0.420. The van der Waals surface area contributed by atoms with E-state index >= 15 is 0 Å². The highest BCUT2D eigenvalue weighted by Gasteiger charge is 2.44. The maximum Gasteiger partial charge on any atom is 0.255 e. The number of fused-ring (bicyclic) bond motifs is 1.